The summed E-state index contributed by atoms with van der Waals surface area (Å²) in [7, 11) is 0. The van der Waals surface area contributed by atoms with Gasteiger partial charge in [0.1, 0.15) is 0 Å². The van der Waals surface area contributed by atoms with E-state index in [1.807, 2.05) is 31.2 Å². The molecular weight excluding hydrogens is 210 g/mol. The van der Waals surface area contributed by atoms with Crippen LogP contribution in [-0.4, -0.2) is 29.3 Å². The minimum Gasteiger partial charge on any atom is -0.293 e. The van der Waals surface area contributed by atoms with Gasteiger partial charge >= 0.3 is 0 Å². The van der Waals surface area contributed by atoms with Crippen molar-refractivity contribution >= 4 is 5.78 Å². The molecular formula is C15H23NO. The normalized spacial score (nSPS) is 11.5. The number of hydrogen-bond donors (Lipinski definition) is 0. The van der Waals surface area contributed by atoms with E-state index >= 15 is 0 Å². The monoisotopic (exact) mass is 233 g/mol. The second kappa shape index (κ2) is 5.97. The molecule has 17 heavy (non-hydrogen) atoms. The van der Waals surface area contributed by atoms with Gasteiger partial charge in [0.15, 0.2) is 5.78 Å². The van der Waals surface area contributed by atoms with Crippen LogP contribution < -0.4 is 0 Å². The molecule has 0 heterocycles. The molecule has 2 nitrogen and oxygen atoms in total. The zero-order chi connectivity index (χ0) is 13.0. The topological polar surface area (TPSA) is 20.3 Å². The average Bonchev–Trinajstić information content (AvgIpc) is 2.25. The van der Waals surface area contributed by atoms with Gasteiger partial charge in [-0.1, -0.05) is 29.8 Å². The molecule has 0 aromatic heterocycles. The van der Waals surface area contributed by atoms with E-state index in [-0.39, 0.29) is 5.78 Å². The summed E-state index contributed by atoms with van der Waals surface area (Å²) in [5, 5.41) is 0. The van der Waals surface area contributed by atoms with Crippen LogP contribution in [0.15, 0.2) is 24.3 Å². The van der Waals surface area contributed by atoms with Crippen molar-refractivity contribution in [3.05, 3.63) is 35.4 Å². The van der Waals surface area contributed by atoms with Crippen LogP contribution in [0.2, 0.25) is 0 Å². The van der Waals surface area contributed by atoms with Gasteiger partial charge < -0.3 is 0 Å². The van der Waals surface area contributed by atoms with Crippen molar-refractivity contribution < 1.29 is 4.79 Å². The summed E-state index contributed by atoms with van der Waals surface area (Å²) in [6.45, 7) is 11.0. The number of Topliss-reactive ketones (excluding diaryl/α,β-unsaturated/α-hetero) is 1. The maximum atomic E-state index is 12.1. The molecule has 2 heteroatoms. The molecule has 0 saturated heterocycles. The molecule has 0 bridgehead atoms. The number of aryl methyl sites for hydroxylation is 1. The predicted octanol–water partition coefficient (Wildman–Crippen LogP) is 3.30. The van der Waals surface area contributed by atoms with Gasteiger partial charge in [0.2, 0.25) is 0 Å². The molecule has 0 spiro atoms. The number of nitrogens with zero attached hydrogens (tertiary/aromatic N) is 1. The van der Waals surface area contributed by atoms with Crippen LogP contribution in [0.4, 0.5) is 0 Å². The number of hydrogen-bond acceptors (Lipinski definition) is 2. The zero-order valence-electron chi connectivity index (χ0n) is 11.5. The summed E-state index contributed by atoms with van der Waals surface area (Å²) >= 11 is 0. The summed E-state index contributed by atoms with van der Waals surface area (Å²) in [6, 6.07) is 8.59. The Hall–Kier alpha value is -1.15. The second-order valence-corrected chi connectivity index (χ2v) is 5.15. The molecule has 0 aliphatic heterocycles. The lowest BCUT2D eigenvalue weighted by Gasteiger charge is -2.29. The minimum absolute atomic E-state index is 0.201. The molecule has 0 fully saturated rings. The smallest absolute Gasteiger partial charge is 0.176 e. The Morgan fingerprint density at radius 1 is 1.06 bits per heavy atom. The Bertz CT molecular complexity index is 357. The van der Waals surface area contributed by atoms with Crippen molar-refractivity contribution in [1.82, 2.24) is 4.90 Å². The third-order valence-corrected chi connectivity index (χ3v) is 3.03. The Labute approximate surface area is 105 Å². The SMILES string of the molecule is Cc1ccc(C(=O)CN(C(C)C)C(C)C)cc1. The number of rotatable bonds is 5. The average molecular weight is 233 g/mol. The largest absolute Gasteiger partial charge is 0.293 e. The molecule has 1 aromatic rings. The van der Waals surface area contributed by atoms with Crippen LogP contribution in [0, 0.1) is 6.92 Å². The molecule has 94 valence electrons. The van der Waals surface area contributed by atoms with Gasteiger partial charge in [-0.05, 0) is 34.6 Å². The summed E-state index contributed by atoms with van der Waals surface area (Å²) in [6.07, 6.45) is 0. The van der Waals surface area contributed by atoms with Crippen LogP contribution in [0.3, 0.4) is 0 Å². The highest BCUT2D eigenvalue weighted by molar-refractivity contribution is 5.97. The lowest BCUT2D eigenvalue weighted by Crippen LogP contribution is -2.40. The number of carbonyl (C=O) groups excluding carboxylic acids is 1. The van der Waals surface area contributed by atoms with E-state index < -0.39 is 0 Å². The third kappa shape index (κ3) is 3.97. The van der Waals surface area contributed by atoms with E-state index in [4.69, 9.17) is 0 Å². The van der Waals surface area contributed by atoms with Crippen molar-refractivity contribution in [2.24, 2.45) is 0 Å². The maximum absolute atomic E-state index is 12.1. The van der Waals surface area contributed by atoms with Crippen LogP contribution in [0.1, 0.15) is 43.6 Å². The van der Waals surface area contributed by atoms with Crippen molar-refractivity contribution in [3.8, 4) is 0 Å². The molecule has 1 rings (SSSR count). The van der Waals surface area contributed by atoms with E-state index in [2.05, 4.69) is 32.6 Å². The Kier molecular flexibility index (Phi) is 4.88. The molecule has 0 N–H and O–H groups in total. The lowest BCUT2D eigenvalue weighted by atomic mass is 10.1. The summed E-state index contributed by atoms with van der Waals surface area (Å²) in [5.41, 5.74) is 1.99. The van der Waals surface area contributed by atoms with Crippen molar-refractivity contribution in [3.63, 3.8) is 0 Å². The van der Waals surface area contributed by atoms with E-state index in [9.17, 15) is 4.79 Å². The van der Waals surface area contributed by atoms with Crippen LogP contribution >= 0.6 is 0 Å². The molecule has 0 radical (unpaired) electrons. The molecule has 0 amide bonds. The predicted molar refractivity (Wildman–Crippen MR) is 72.5 cm³/mol. The van der Waals surface area contributed by atoms with Crippen molar-refractivity contribution in [2.75, 3.05) is 6.54 Å². The third-order valence-electron chi connectivity index (χ3n) is 3.03. The fraction of sp³-hybridized carbons (Fsp3) is 0.533. The molecule has 0 saturated carbocycles. The highest BCUT2D eigenvalue weighted by Crippen LogP contribution is 2.09. The summed E-state index contributed by atoms with van der Waals surface area (Å²) in [4.78, 5) is 14.3. The van der Waals surface area contributed by atoms with Gasteiger partial charge in [-0.3, -0.25) is 9.69 Å². The molecule has 0 aliphatic carbocycles. The van der Waals surface area contributed by atoms with Gasteiger partial charge in [-0.15, -0.1) is 0 Å². The Morgan fingerprint density at radius 3 is 1.94 bits per heavy atom. The fourth-order valence-electron chi connectivity index (χ4n) is 1.96. The second-order valence-electron chi connectivity index (χ2n) is 5.15. The van der Waals surface area contributed by atoms with Gasteiger partial charge in [0.05, 0.1) is 6.54 Å². The van der Waals surface area contributed by atoms with Gasteiger partial charge in [0, 0.05) is 17.6 Å². The number of ketones is 1. The number of benzene rings is 1. The Morgan fingerprint density at radius 2 is 1.53 bits per heavy atom. The maximum Gasteiger partial charge on any atom is 0.176 e. The molecule has 0 atom stereocenters. The van der Waals surface area contributed by atoms with Crippen LogP contribution in [0.25, 0.3) is 0 Å². The van der Waals surface area contributed by atoms with Gasteiger partial charge in [-0.25, -0.2) is 0 Å². The van der Waals surface area contributed by atoms with E-state index in [1.165, 1.54) is 5.56 Å². The quantitative estimate of drug-likeness (QED) is 0.727. The minimum atomic E-state index is 0.201. The first-order valence-electron chi connectivity index (χ1n) is 6.27. The van der Waals surface area contributed by atoms with E-state index in [1.54, 1.807) is 0 Å². The van der Waals surface area contributed by atoms with E-state index in [0.717, 1.165) is 5.56 Å². The zero-order valence-corrected chi connectivity index (χ0v) is 11.5. The highest BCUT2D eigenvalue weighted by atomic mass is 16.1. The Balaban J connectivity index is 2.74. The first-order valence-corrected chi connectivity index (χ1v) is 6.27. The number of carbonyl (C=O) groups is 1. The van der Waals surface area contributed by atoms with Crippen LogP contribution in [-0.2, 0) is 0 Å². The first kappa shape index (κ1) is 13.9. The van der Waals surface area contributed by atoms with Gasteiger partial charge in [-0.2, -0.15) is 0 Å². The van der Waals surface area contributed by atoms with E-state index in [0.29, 0.717) is 18.6 Å². The van der Waals surface area contributed by atoms with Crippen molar-refractivity contribution in [1.29, 1.82) is 0 Å². The standard InChI is InChI=1S/C15H23NO/c1-11(2)16(12(3)4)10-15(17)14-8-6-13(5)7-9-14/h6-9,11-12H,10H2,1-5H3. The lowest BCUT2D eigenvalue weighted by molar-refractivity contribution is 0.0866. The fourth-order valence-corrected chi connectivity index (χ4v) is 1.96. The summed E-state index contributed by atoms with van der Waals surface area (Å²) in [5.74, 6) is 0.201. The first-order chi connectivity index (χ1) is 7.91. The van der Waals surface area contributed by atoms with Crippen LogP contribution in [0.5, 0.6) is 0 Å². The molecule has 0 aliphatic rings. The highest BCUT2D eigenvalue weighted by Gasteiger charge is 2.17. The summed E-state index contributed by atoms with van der Waals surface area (Å²) < 4.78 is 0. The van der Waals surface area contributed by atoms with Gasteiger partial charge in [0.25, 0.3) is 0 Å². The molecule has 0 unspecified atom stereocenters. The molecule has 1 aromatic carbocycles. The van der Waals surface area contributed by atoms with Crippen molar-refractivity contribution in [2.45, 2.75) is 46.7 Å².